The first-order chi connectivity index (χ1) is 9.37. The third kappa shape index (κ3) is 3.51. The van der Waals surface area contributed by atoms with E-state index in [1.807, 2.05) is 30.3 Å². The molecule has 0 bridgehead atoms. The summed E-state index contributed by atoms with van der Waals surface area (Å²) < 4.78 is 40.5. The van der Waals surface area contributed by atoms with E-state index in [0.717, 1.165) is 5.56 Å². The molecule has 1 atom stereocenters. The summed E-state index contributed by atoms with van der Waals surface area (Å²) in [4.78, 5) is 0. The van der Waals surface area contributed by atoms with Crippen LogP contribution in [0.15, 0.2) is 48.5 Å². The van der Waals surface area contributed by atoms with Crippen LogP contribution in [-0.4, -0.2) is 11.5 Å². The SMILES string of the molecule is CC(O)c1cc(OC(F)(F)F)ccc1-c1ccccc1. The maximum absolute atomic E-state index is 12.2. The molecule has 0 aliphatic heterocycles. The molecule has 2 nitrogen and oxygen atoms in total. The number of alkyl halides is 3. The Morgan fingerprint density at radius 2 is 1.70 bits per heavy atom. The number of hydrogen-bond donors (Lipinski definition) is 1. The molecule has 1 N–H and O–H groups in total. The molecular formula is C15H13F3O2. The van der Waals surface area contributed by atoms with Gasteiger partial charge in [0.2, 0.25) is 0 Å². The summed E-state index contributed by atoms with van der Waals surface area (Å²) in [5.41, 5.74) is 1.88. The first-order valence-electron chi connectivity index (χ1n) is 6.00. The van der Waals surface area contributed by atoms with Gasteiger partial charge in [0.15, 0.2) is 0 Å². The minimum absolute atomic E-state index is 0.340. The molecule has 0 amide bonds. The zero-order valence-corrected chi connectivity index (χ0v) is 10.7. The Labute approximate surface area is 114 Å². The van der Waals surface area contributed by atoms with Crippen molar-refractivity contribution in [3.8, 4) is 16.9 Å². The molecule has 1 unspecified atom stereocenters. The second-order valence-electron chi connectivity index (χ2n) is 4.34. The highest BCUT2D eigenvalue weighted by Gasteiger charge is 2.31. The Bertz CT molecular complexity index is 577. The summed E-state index contributed by atoms with van der Waals surface area (Å²) in [5, 5.41) is 9.75. The zero-order chi connectivity index (χ0) is 14.8. The van der Waals surface area contributed by atoms with E-state index < -0.39 is 12.5 Å². The van der Waals surface area contributed by atoms with Gasteiger partial charge < -0.3 is 9.84 Å². The summed E-state index contributed by atoms with van der Waals surface area (Å²) in [7, 11) is 0. The van der Waals surface area contributed by atoms with Crippen LogP contribution in [0, 0.1) is 0 Å². The molecule has 106 valence electrons. The van der Waals surface area contributed by atoms with Gasteiger partial charge >= 0.3 is 6.36 Å². The van der Waals surface area contributed by atoms with Crippen LogP contribution in [0.25, 0.3) is 11.1 Å². The quantitative estimate of drug-likeness (QED) is 0.909. The Morgan fingerprint density at radius 3 is 2.25 bits per heavy atom. The van der Waals surface area contributed by atoms with Crippen molar-refractivity contribution in [3.63, 3.8) is 0 Å². The number of hydrogen-bond acceptors (Lipinski definition) is 2. The minimum atomic E-state index is -4.75. The molecular weight excluding hydrogens is 269 g/mol. The maximum Gasteiger partial charge on any atom is 0.573 e. The van der Waals surface area contributed by atoms with Crippen molar-refractivity contribution in [2.24, 2.45) is 0 Å². The summed E-state index contributed by atoms with van der Waals surface area (Å²) in [6.07, 6.45) is -5.65. The van der Waals surface area contributed by atoms with Crippen LogP contribution in [-0.2, 0) is 0 Å². The molecule has 2 aromatic rings. The molecule has 0 spiro atoms. The summed E-state index contributed by atoms with van der Waals surface area (Å²) in [5.74, 6) is -0.340. The number of aliphatic hydroxyl groups excluding tert-OH is 1. The molecule has 0 radical (unpaired) electrons. The third-order valence-corrected chi connectivity index (χ3v) is 2.79. The van der Waals surface area contributed by atoms with E-state index in [9.17, 15) is 18.3 Å². The summed E-state index contributed by atoms with van der Waals surface area (Å²) in [6, 6.07) is 13.1. The molecule has 0 saturated carbocycles. The molecule has 5 heteroatoms. The van der Waals surface area contributed by atoms with Crippen molar-refractivity contribution in [2.45, 2.75) is 19.4 Å². The van der Waals surface area contributed by atoms with Crippen LogP contribution >= 0.6 is 0 Å². The van der Waals surface area contributed by atoms with E-state index in [-0.39, 0.29) is 5.75 Å². The normalized spacial score (nSPS) is 13.1. The largest absolute Gasteiger partial charge is 0.573 e. The van der Waals surface area contributed by atoms with Crippen LogP contribution in [0.3, 0.4) is 0 Å². The molecule has 0 aliphatic rings. The van der Waals surface area contributed by atoms with E-state index >= 15 is 0 Å². The van der Waals surface area contributed by atoms with Gasteiger partial charge in [-0.1, -0.05) is 36.4 Å². The molecule has 20 heavy (non-hydrogen) atoms. The second kappa shape index (κ2) is 5.54. The average Bonchev–Trinajstić information content (AvgIpc) is 2.37. The van der Waals surface area contributed by atoms with Crippen molar-refractivity contribution in [2.75, 3.05) is 0 Å². The first kappa shape index (κ1) is 14.4. The number of rotatable bonds is 3. The van der Waals surface area contributed by atoms with Gasteiger partial charge in [0.1, 0.15) is 5.75 Å². The predicted molar refractivity (Wildman–Crippen MR) is 69.2 cm³/mol. The van der Waals surface area contributed by atoms with Gasteiger partial charge in [-0.3, -0.25) is 0 Å². The fraction of sp³-hybridized carbons (Fsp3) is 0.200. The van der Waals surface area contributed by atoms with E-state index in [2.05, 4.69) is 4.74 Å². The van der Waals surface area contributed by atoms with Gasteiger partial charge in [-0.2, -0.15) is 0 Å². The number of aliphatic hydroxyl groups is 1. The van der Waals surface area contributed by atoms with Crippen LogP contribution in [0.5, 0.6) is 5.75 Å². The van der Waals surface area contributed by atoms with E-state index in [4.69, 9.17) is 0 Å². The Balaban J connectivity index is 2.44. The smallest absolute Gasteiger partial charge is 0.406 e. The number of benzene rings is 2. The van der Waals surface area contributed by atoms with E-state index in [1.54, 1.807) is 0 Å². The highest BCUT2D eigenvalue weighted by molar-refractivity contribution is 5.68. The third-order valence-electron chi connectivity index (χ3n) is 2.79. The molecule has 0 aromatic heterocycles. The first-order valence-corrected chi connectivity index (χ1v) is 6.00. The van der Waals surface area contributed by atoms with E-state index in [1.165, 1.54) is 25.1 Å². The highest BCUT2D eigenvalue weighted by atomic mass is 19.4. The standard InChI is InChI=1S/C15H13F3O2/c1-10(19)14-9-12(20-15(16,17)18)7-8-13(14)11-5-3-2-4-6-11/h2-10,19H,1H3. The zero-order valence-electron chi connectivity index (χ0n) is 10.7. The van der Waals surface area contributed by atoms with Crippen LogP contribution in [0.1, 0.15) is 18.6 Å². The van der Waals surface area contributed by atoms with Crippen molar-refractivity contribution in [3.05, 3.63) is 54.1 Å². The van der Waals surface area contributed by atoms with E-state index in [0.29, 0.717) is 11.1 Å². The Hall–Kier alpha value is -2.01. The van der Waals surface area contributed by atoms with Crippen molar-refractivity contribution < 1.29 is 23.0 Å². The average molecular weight is 282 g/mol. The molecule has 0 heterocycles. The fourth-order valence-corrected chi connectivity index (χ4v) is 1.96. The Kier molecular flexibility index (Phi) is 3.99. The number of ether oxygens (including phenoxy) is 1. The lowest BCUT2D eigenvalue weighted by molar-refractivity contribution is -0.274. The predicted octanol–water partition coefficient (Wildman–Crippen LogP) is 4.31. The van der Waals surface area contributed by atoms with Gasteiger partial charge in [-0.25, -0.2) is 0 Å². The monoisotopic (exact) mass is 282 g/mol. The molecule has 0 aliphatic carbocycles. The Morgan fingerprint density at radius 1 is 1.05 bits per heavy atom. The topological polar surface area (TPSA) is 29.5 Å². The van der Waals surface area contributed by atoms with Crippen molar-refractivity contribution in [1.82, 2.24) is 0 Å². The minimum Gasteiger partial charge on any atom is -0.406 e. The lowest BCUT2D eigenvalue weighted by Crippen LogP contribution is -2.17. The fourth-order valence-electron chi connectivity index (χ4n) is 1.96. The van der Waals surface area contributed by atoms with Gasteiger partial charge in [-0.05, 0) is 35.7 Å². The summed E-state index contributed by atoms with van der Waals surface area (Å²) in [6.45, 7) is 1.50. The molecule has 0 fully saturated rings. The maximum atomic E-state index is 12.2. The number of halogens is 3. The highest BCUT2D eigenvalue weighted by Crippen LogP contribution is 2.33. The van der Waals surface area contributed by atoms with Gasteiger partial charge in [-0.15, -0.1) is 13.2 Å². The molecule has 0 saturated heterocycles. The summed E-state index contributed by atoms with van der Waals surface area (Å²) >= 11 is 0. The van der Waals surface area contributed by atoms with Crippen molar-refractivity contribution in [1.29, 1.82) is 0 Å². The van der Waals surface area contributed by atoms with Gasteiger partial charge in [0.25, 0.3) is 0 Å². The lowest BCUT2D eigenvalue weighted by atomic mass is 9.96. The van der Waals surface area contributed by atoms with Crippen molar-refractivity contribution >= 4 is 0 Å². The van der Waals surface area contributed by atoms with Gasteiger partial charge in [0.05, 0.1) is 6.10 Å². The van der Waals surface area contributed by atoms with Crippen LogP contribution < -0.4 is 4.74 Å². The second-order valence-corrected chi connectivity index (χ2v) is 4.34. The lowest BCUT2D eigenvalue weighted by Gasteiger charge is -2.15. The molecule has 2 rings (SSSR count). The molecule has 2 aromatic carbocycles. The van der Waals surface area contributed by atoms with Gasteiger partial charge in [0, 0.05) is 0 Å². The van der Waals surface area contributed by atoms with Crippen LogP contribution in [0.2, 0.25) is 0 Å². The van der Waals surface area contributed by atoms with Crippen LogP contribution in [0.4, 0.5) is 13.2 Å².